The molecule has 94 valence electrons. The molecule has 0 saturated carbocycles. The first kappa shape index (κ1) is 12.3. The minimum atomic E-state index is -0.520. The number of benzene rings is 1. The van der Waals surface area contributed by atoms with Crippen LogP contribution in [-0.2, 0) is 0 Å². The molecule has 1 aliphatic heterocycles. The summed E-state index contributed by atoms with van der Waals surface area (Å²) >= 11 is 0. The maximum atomic E-state index is 13.7. The van der Waals surface area contributed by atoms with Gasteiger partial charge in [-0.05, 0) is 37.6 Å². The average Bonchev–Trinajstić information content (AvgIpc) is 2.24. The summed E-state index contributed by atoms with van der Waals surface area (Å²) < 4.78 is 26.6. The second-order valence-electron chi connectivity index (χ2n) is 4.70. The van der Waals surface area contributed by atoms with Crippen LogP contribution in [0.5, 0.6) is 0 Å². The van der Waals surface area contributed by atoms with Gasteiger partial charge in [0, 0.05) is 19.2 Å². The highest BCUT2D eigenvalue weighted by Crippen LogP contribution is 2.22. The van der Waals surface area contributed by atoms with Gasteiger partial charge in [0.1, 0.15) is 11.6 Å². The third kappa shape index (κ3) is 3.16. The van der Waals surface area contributed by atoms with Crippen LogP contribution in [-0.4, -0.2) is 26.2 Å². The van der Waals surface area contributed by atoms with Crippen molar-refractivity contribution in [2.24, 2.45) is 5.92 Å². The molecule has 1 N–H and O–H groups in total. The molecular weight excluding hydrogens is 222 g/mol. The Morgan fingerprint density at radius 1 is 1.35 bits per heavy atom. The third-order valence-corrected chi connectivity index (χ3v) is 3.06. The highest BCUT2D eigenvalue weighted by molar-refractivity contribution is 5.48. The van der Waals surface area contributed by atoms with E-state index in [9.17, 15) is 8.78 Å². The van der Waals surface area contributed by atoms with Crippen LogP contribution in [0.3, 0.4) is 0 Å². The number of rotatable bonds is 1. The smallest absolute Gasteiger partial charge is 0.149 e. The molecule has 0 bridgehead atoms. The molecular formula is C13H18F2N2. The van der Waals surface area contributed by atoms with Gasteiger partial charge in [0.15, 0.2) is 0 Å². The van der Waals surface area contributed by atoms with Crippen LogP contribution in [0.2, 0.25) is 0 Å². The number of nitrogens with one attached hydrogen (secondary N) is 1. The first-order chi connectivity index (χ1) is 8.16. The van der Waals surface area contributed by atoms with Crippen molar-refractivity contribution < 1.29 is 8.78 Å². The molecule has 1 atom stereocenters. The van der Waals surface area contributed by atoms with Crippen LogP contribution in [0.15, 0.2) is 18.2 Å². The van der Waals surface area contributed by atoms with Gasteiger partial charge in [-0.2, -0.15) is 0 Å². The number of hydrogen-bond acceptors (Lipinski definition) is 2. The Bertz CT molecular complexity index is 382. The van der Waals surface area contributed by atoms with E-state index in [4.69, 9.17) is 0 Å². The molecule has 1 saturated heterocycles. The van der Waals surface area contributed by atoms with E-state index in [0.717, 1.165) is 38.7 Å². The lowest BCUT2D eigenvalue weighted by molar-refractivity contribution is 0.463. The summed E-state index contributed by atoms with van der Waals surface area (Å²) in [7, 11) is 0. The lowest BCUT2D eigenvalue weighted by atomic mass is 10.1. The van der Waals surface area contributed by atoms with Crippen molar-refractivity contribution in [3.05, 3.63) is 29.8 Å². The molecule has 4 heteroatoms. The fourth-order valence-corrected chi connectivity index (χ4v) is 2.23. The Morgan fingerprint density at radius 3 is 2.94 bits per heavy atom. The zero-order valence-corrected chi connectivity index (χ0v) is 10.0. The predicted octanol–water partition coefficient (Wildman–Crippen LogP) is 2.40. The van der Waals surface area contributed by atoms with Gasteiger partial charge >= 0.3 is 0 Å². The van der Waals surface area contributed by atoms with E-state index in [1.54, 1.807) is 0 Å². The first-order valence-electron chi connectivity index (χ1n) is 6.07. The van der Waals surface area contributed by atoms with Crippen molar-refractivity contribution >= 4 is 5.69 Å². The van der Waals surface area contributed by atoms with Gasteiger partial charge in [0.25, 0.3) is 0 Å². The third-order valence-electron chi connectivity index (χ3n) is 3.06. The second kappa shape index (κ2) is 5.45. The maximum Gasteiger partial charge on any atom is 0.149 e. The molecule has 0 amide bonds. The molecule has 1 fully saturated rings. The van der Waals surface area contributed by atoms with Gasteiger partial charge in [-0.3, -0.25) is 0 Å². The summed E-state index contributed by atoms with van der Waals surface area (Å²) in [6.45, 7) is 5.63. The molecule has 1 heterocycles. The van der Waals surface area contributed by atoms with E-state index < -0.39 is 11.6 Å². The standard InChI is InChI=1S/C13H18F2N2/c1-10-8-16-5-2-6-17(9-10)13-4-3-11(14)7-12(13)15/h3-4,7,10,16H,2,5-6,8-9H2,1H3. The Labute approximate surface area is 101 Å². The molecule has 0 aromatic heterocycles. The van der Waals surface area contributed by atoms with Gasteiger partial charge in [0.05, 0.1) is 5.69 Å². The van der Waals surface area contributed by atoms with Crippen LogP contribution < -0.4 is 10.2 Å². The number of halogens is 2. The Morgan fingerprint density at radius 2 is 2.18 bits per heavy atom. The fraction of sp³-hybridized carbons (Fsp3) is 0.538. The van der Waals surface area contributed by atoms with Crippen molar-refractivity contribution in [2.45, 2.75) is 13.3 Å². The lowest BCUT2D eigenvalue weighted by Gasteiger charge is -2.30. The lowest BCUT2D eigenvalue weighted by Crippen LogP contribution is -2.39. The number of anilines is 1. The van der Waals surface area contributed by atoms with E-state index in [1.165, 1.54) is 12.1 Å². The molecule has 2 rings (SSSR count). The minimum absolute atomic E-state index is 0.458. The summed E-state index contributed by atoms with van der Waals surface area (Å²) in [5, 5.41) is 3.35. The van der Waals surface area contributed by atoms with Crippen LogP contribution in [0, 0.1) is 17.6 Å². The van der Waals surface area contributed by atoms with E-state index in [0.29, 0.717) is 11.6 Å². The molecule has 2 nitrogen and oxygen atoms in total. The Kier molecular flexibility index (Phi) is 3.94. The molecule has 0 aliphatic carbocycles. The number of hydrogen-bond donors (Lipinski definition) is 1. The normalized spacial score (nSPS) is 22.1. The number of nitrogens with zero attached hydrogens (tertiary/aromatic N) is 1. The quantitative estimate of drug-likeness (QED) is 0.811. The monoisotopic (exact) mass is 240 g/mol. The molecule has 17 heavy (non-hydrogen) atoms. The van der Waals surface area contributed by atoms with Gasteiger partial charge < -0.3 is 10.2 Å². The van der Waals surface area contributed by atoms with Crippen LogP contribution in [0.25, 0.3) is 0 Å². The molecule has 0 radical (unpaired) electrons. The highest BCUT2D eigenvalue weighted by atomic mass is 19.1. The van der Waals surface area contributed by atoms with Gasteiger partial charge in [-0.15, -0.1) is 0 Å². The predicted molar refractivity (Wildman–Crippen MR) is 65.2 cm³/mol. The Hall–Kier alpha value is -1.16. The zero-order chi connectivity index (χ0) is 12.3. The van der Waals surface area contributed by atoms with Crippen LogP contribution >= 0.6 is 0 Å². The molecule has 1 aliphatic rings. The minimum Gasteiger partial charge on any atom is -0.369 e. The molecule has 1 aromatic rings. The summed E-state index contributed by atoms with van der Waals surface area (Å²) in [6, 6.07) is 3.81. The molecule has 1 aromatic carbocycles. The Balaban J connectivity index is 2.17. The first-order valence-corrected chi connectivity index (χ1v) is 6.07. The van der Waals surface area contributed by atoms with Crippen molar-refractivity contribution in [3.63, 3.8) is 0 Å². The van der Waals surface area contributed by atoms with Crippen molar-refractivity contribution in [3.8, 4) is 0 Å². The molecule has 1 unspecified atom stereocenters. The van der Waals surface area contributed by atoms with E-state index in [-0.39, 0.29) is 0 Å². The van der Waals surface area contributed by atoms with E-state index in [2.05, 4.69) is 12.2 Å². The van der Waals surface area contributed by atoms with Crippen LogP contribution in [0.1, 0.15) is 13.3 Å². The zero-order valence-electron chi connectivity index (χ0n) is 10.0. The van der Waals surface area contributed by atoms with Crippen molar-refractivity contribution in [1.82, 2.24) is 5.32 Å². The maximum absolute atomic E-state index is 13.7. The summed E-state index contributed by atoms with van der Waals surface area (Å²) in [6.07, 6.45) is 0.976. The van der Waals surface area contributed by atoms with Crippen molar-refractivity contribution in [1.29, 1.82) is 0 Å². The van der Waals surface area contributed by atoms with Gasteiger partial charge in [-0.1, -0.05) is 6.92 Å². The largest absolute Gasteiger partial charge is 0.369 e. The van der Waals surface area contributed by atoms with E-state index >= 15 is 0 Å². The topological polar surface area (TPSA) is 15.3 Å². The van der Waals surface area contributed by atoms with Crippen molar-refractivity contribution in [2.75, 3.05) is 31.1 Å². The van der Waals surface area contributed by atoms with Gasteiger partial charge in [-0.25, -0.2) is 8.78 Å². The SMILES string of the molecule is CC1CNCCCN(c2ccc(F)cc2F)C1. The van der Waals surface area contributed by atoms with Gasteiger partial charge in [0.2, 0.25) is 0 Å². The second-order valence-corrected chi connectivity index (χ2v) is 4.70. The summed E-state index contributed by atoms with van der Waals surface area (Å²) in [5.74, 6) is -0.529. The fourth-order valence-electron chi connectivity index (χ4n) is 2.23. The molecule has 0 spiro atoms. The summed E-state index contributed by atoms with van der Waals surface area (Å²) in [5.41, 5.74) is 0.514. The highest BCUT2D eigenvalue weighted by Gasteiger charge is 2.16. The van der Waals surface area contributed by atoms with Crippen LogP contribution in [0.4, 0.5) is 14.5 Å². The van der Waals surface area contributed by atoms with E-state index in [1.807, 2.05) is 4.90 Å². The summed E-state index contributed by atoms with van der Waals surface area (Å²) in [4.78, 5) is 2.01. The average molecular weight is 240 g/mol.